The van der Waals surface area contributed by atoms with Crippen molar-refractivity contribution in [2.24, 2.45) is 5.41 Å². The SMILES string of the molecule is CC(C)(CCCC(c1ccccc1Cl)[NH+]1CCc2sccc2C1)C(=O)O. The molecule has 140 valence electrons. The Kier molecular flexibility index (Phi) is 6.06. The van der Waals surface area contributed by atoms with Crippen molar-refractivity contribution in [1.82, 2.24) is 0 Å². The minimum absolute atomic E-state index is 0.307. The summed E-state index contributed by atoms with van der Waals surface area (Å²) < 4.78 is 0. The van der Waals surface area contributed by atoms with Crippen molar-refractivity contribution in [2.45, 2.75) is 52.1 Å². The van der Waals surface area contributed by atoms with E-state index < -0.39 is 11.4 Å². The van der Waals surface area contributed by atoms with Crippen molar-refractivity contribution in [3.8, 4) is 0 Å². The van der Waals surface area contributed by atoms with Crippen molar-refractivity contribution in [3.63, 3.8) is 0 Å². The number of halogens is 1. The smallest absolute Gasteiger partial charge is 0.309 e. The summed E-state index contributed by atoms with van der Waals surface area (Å²) in [5, 5.41) is 12.4. The van der Waals surface area contributed by atoms with Crippen LogP contribution in [-0.4, -0.2) is 17.6 Å². The highest BCUT2D eigenvalue weighted by molar-refractivity contribution is 7.10. The van der Waals surface area contributed by atoms with Crippen molar-refractivity contribution < 1.29 is 14.8 Å². The van der Waals surface area contributed by atoms with E-state index in [1.807, 2.05) is 37.3 Å². The van der Waals surface area contributed by atoms with Gasteiger partial charge in [-0.15, -0.1) is 11.3 Å². The van der Waals surface area contributed by atoms with Crippen LogP contribution in [0.25, 0.3) is 0 Å². The first-order chi connectivity index (χ1) is 12.4. The molecule has 1 aliphatic rings. The lowest BCUT2D eigenvalue weighted by Gasteiger charge is -2.33. The first-order valence-electron chi connectivity index (χ1n) is 9.26. The second kappa shape index (κ2) is 8.12. The molecule has 3 nitrogen and oxygen atoms in total. The molecule has 0 amide bonds. The minimum Gasteiger partial charge on any atom is -0.481 e. The lowest BCUT2D eigenvalue weighted by atomic mass is 9.85. The number of quaternary nitrogens is 1. The zero-order chi connectivity index (χ0) is 18.7. The van der Waals surface area contributed by atoms with E-state index in [0.717, 1.165) is 37.4 Å². The van der Waals surface area contributed by atoms with E-state index >= 15 is 0 Å². The summed E-state index contributed by atoms with van der Waals surface area (Å²) in [6.07, 6.45) is 3.63. The number of thiophene rings is 1. The van der Waals surface area contributed by atoms with Crippen LogP contribution in [0.15, 0.2) is 35.7 Å². The van der Waals surface area contributed by atoms with Gasteiger partial charge in [0.05, 0.1) is 12.0 Å². The average Bonchev–Trinajstić information content (AvgIpc) is 3.07. The summed E-state index contributed by atoms with van der Waals surface area (Å²) in [7, 11) is 0. The molecule has 0 fully saturated rings. The topological polar surface area (TPSA) is 41.7 Å². The molecule has 2 aromatic rings. The van der Waals surface area contributed by atoms with Gasteiger partial charge in [0.25, 0.3) is 0 Å². The van der Waals surface area contributed by atoms with Crippen LogP contribution in [0.4, 0.5) is 0 Å². The fraction of sp³-hybridized carbons (Fsp3) is 0.476. The van der Waals surface area contributed by atoms with E-state index in [4.69, 9.17) is 11.6 Å². The van der Waals surface area contributed by atoms with Gasteiger partial charge in [0.2, 0.25) is 0 Å². The number of fused-ring (bicyclic) bond motifs is 1. The van der Waals surface area contributed by atoms with Crippen LogP contribution in [0.5, 0.6) is 0 Å². The van der Waals surface area contributed by atoms with Crippen LogP contribution in [0.1, 0.15) is 55.2 Å². The molecule has 0 aliphatic carbocycles. The lowest BCUT2D eigenvalue weighted by molar-refractivity contribution is -0.947. The first-order valence-corrected chi connectivity index (χ1v) is 10.5. The molecule has 1 aliphatic heterocycles. The van der Waals surface area contributed by atoms with Gasteiger partial charge in [-0.3, -0.25) is 4.79 Å². The number of hydrogen-bond acceptors (Lipinski definition) is 2. The summed E-state index contributed by atoms with van der Waals surface area (Å²) in [5.74, 6) is -0.722. The second-order valence-corrected chi connectivity index (χ2v) is 9.27. The Hall–Kier alpha value is -1.36. The number of nitrogens with one attached hydrogen (secondary N) is 1. The fourth-order valence-electron chi connectivity index (χ4n) is 3.84. The molecule has 0 radical (unpaired) electrons. The third-order valence-electron chi connectivity index (χ3n) is 5.58. The van der Waals surface area contributed by atoms with E-state index in [-0.39, 0.29) is 0 Å². The highest BCUT2D eigenvalue weighted by Crippen LogP contribution is 2.30. The van der Waals surface area contributed by atoms with Crippen LogP contribution in [0.2, 0.25) is 5.02 Å². The van der Waals surface area contributed by atoms with E-state index in [1.165, 1.54) is 20.9 Å². The molecule has 2 N–H and O–H groups in total. The minimum atomic E-state index is -0.722. The lowest BCUT2D eigenvalue weighted by Crippen LogP contribution is -3.12. The summed E-state index contributed by atoms with van der Waals surface area (Å²) in [6.45, 7) is 5.75. The Morgan fingerprint density at radius 3 is 2.85 bits per heavy atom. The molecule has 0 saturated carbocycles. The maximum absolute atomic E-state index is 11.4. The van der Waals surface area contributed by atoms with Gasteiger partial charge >= 0.3 is 5.97 Å². The Morgan fingerprint density at radius 2 is 2.12 bits per heavy atom. The zero-order valence-electron chi connectivity index (χ0n) is 15.4. The summed E-state index contributed by atoms with van der Waals surface area (Å²) >= 11 is 8.39. The second-order valence-electron chi connectivity index (χ2n) is 7.86. The number of hydrogen-bond donors (Lipinski definition) is 2. The molecule has 2 unspecified atom stereocenters. The third kappa shape index (κ3) is 4.30. The number of rotatable bonds is 7. The van der Waals surface area contributed by atoms with Gasteiger partial charge < -0.3 is 10.0 Å². The molecule has 3 rings (SSSR count). The van der Waals surface area contributed by atoms with Crippen LogP contribution >= 0.6 is 22.9 Å². The standard InChI is InChI=1S/C21H26ClNO2S/c1-21(2,20(24)25)11-5-8-18(16-6-3-4-7-17(16)22)23-12-9-19-15(14-23)10-13-26-19/h3-4,6-7,10,13,18H,5,8-9,11-12,14H2,1-2H3,(H,24,25)/p+1. The molecule has 0 spiro atoms. The molecule has 1 aromatic carbocycles. The van der Waals surface area contributed by atoms with Crippen LogP contribution in [0, 0.1) is 5.41 Å². The normalized spacial score (nSPS) is 18.3. The van der Waals surface area contributed by atoms with Gasteiger partial charge in [-0.2, -0.15) is 0 Å². The number of carbonyl (C=O) groups is 1. The number of carboxylic acid groups (broad SMARTS) is 1. The number of carboxylic acids is 1. The van der Waals surface area contributed by atoms with E-state index in [2.05, 4.69) is 23.6 Å². The molecule has 2 atom stereocenters. The zero-order valence-corrected chi connectivity index (χ0v) is 17.0. The Bertz CT molecular complexity index is 771. The predicted molar refractivity (Wildman–Crippen MR) is 107 cm³/mol. The molecular weight excluding hydrogens is 366 g/mol. The first kappa shape index (κ1) is 19.4. The van der Waals surface area contributed by atoms with Crippen LogP contribution < -0.4 is 4.90 Å². The quantitative estimate of drug-likeness (QED) is 0.734. The van der Waals surface area contributed by atoms with Crippen LogP contribution in [0.3, 0.4) is 0 Å². The number of benzene rings is 1. The molecule has 5 heteroatoms. The molecule has 2 heterocycles. The predicted octanol–water partition coefficient (Wildman–Crippen LogP) is 4.36. The highest BCUT2D eigenvalue weighted by atomic mass is 35.5. The van der Waals surface area contributed by atoms with E-state index in [9.17, 15) is 9.90 Å². The summed E-state index contributed by atoms with van der Waals surface area (Å²) in [4.78, 5) is 14.5. The third-order valence-corrected chi connectivity index (χ3v) is 6.94. The molecular formula is C21H27ClNO2S+. The van der Waals surface area contributed by atoms with Crippen LogP contribution in [-0.2, 0) is 17.8 Å². The molecule has 26 heavy (non-hydrogen) atoms. The Morgan fingerprint density at radius 1 is 1.35 bits per heavy atom. The van der Waals surface area contributed by atoms with Gasteiger partial charge in [0.1, 0.15) is 12.6 Å². The molecule has 0 saturated heterocycles. The maximum atomic E-state index is 11.4. The van der Waals surface area contributed by atoms with Gasteiger partial charge in [-0.05, 0) is 44.2 Å². The largest absolute Gasteiger partial charge is 0.481 e. The van der Waals surface area contributed by atoms with Gasteiger partial charge in [-0.1, -0.05) is 29.8 Å². The molecule has 1 aromatic heterocycles. The van der Waals surface area contributed by atoms with E-state index in [1.54, 1.807) is 0 Å². The van der Waals surface area contributed by atoms with Gasteiger partial charge in [-0.25, -0.2) is 0 Å². The Labute approximate surface area is 164 Å². The van der Waals surface area contributed by atoms with Crippen molar-refractivity contribution >= 4 is 28.9 Å². The summed E-state index contributed by atoms with van der Waals surface area (Å²) in [6, 6.07) is 10.7. The van der Waals surface area contributed by atoms with Crippen molar-refractivity contribution in [3.05, 3.63) is 56.7 Å². The van der Waals surface area contributed by atoms with Gasteiger partial charge in [0.15, 0.2) is 0 Å². The highest BCUT2D eigenvalue weighted by Gasteiger charge is 2.32. The summed E-state index contributed by atoms with van der Waals surface area (Å²) in [5.41, 5.74) is 1.97. The Balaban J connectivity index is 1.77. The average molecular weight is 393 g/mol. The van der Waals surface area contributed by atoms with E-state index in [0.29, 0.717) is 12.5 Å². The van der Waals surface area contributed by atoms with Crippen molar-refractivity contribution in [1.29, 1.82) is 0 Å². The molecule has 0 bridgehead atoms. The number of aliphatic carboxylic acids is 1. The fourth-order valence-corrected chi connectivity index (χ4v) is 5.02. The van der Waals surface area contributed by atoms with Gasteiger partial charge in [0, 0.05) is 33.9 Å². The monoisotopic (exact) mass is 392 g/mol. The van der Waals surface area contributed by atoms with Crippen molar-refractivity contribution in [2.75, 3.05) is 6.54 Å². The maximum Gasteiger partial charge on any atom is 0.309 e.